The Labute approximate surface area is 156 Å². The fraction of sp³-hybridized carbons (Fsp3) is 0.421. The molecule has 0 aliphatic carbocycles. The van der Waals surface area contributed by atoms with E-state index in [0.29, 0.717) is 31.0 Å². The second-order valence-electron chi connectivity index (χ2n) is 7.04. The maximum Gasteiger partial charge on any atom is 0.267 e. The Balaban J connectivity index is 1.62. The van der Waals surface area contributed by atoms with Gasteiger partial charge in [-0.1, -0.05) is 17.9 Å². The number of carbonyl (C=O) groups excluding carboxylic acids is 2. The molecule has 27 heavy (non-hydrogen) atoms. The number of anilines is 1. The molecule has 0 radical (unpaired) electrons. The highest BCUT2D eigenvalue weighted by molar-refractivity contribution is 6.40. The van der Waals surface area contributed by atoms with Crippen molar-refractivity contribution in [3.63, 3.8) is 0 Å². The lowest BCUT2D eigenvalue weighted by Gasteiger charge is -2.21. The molecule has 2 fully saturated rings. The third kappa shape index (κ3) is 2.95. The number of likely N-dealkylation sites (N-methyl/N-ethyl adjacent to an activating group) is 1. The summed E-state index contributed by atoms with van der Waals surface area (Å²) in [5, 5.41) is 16.6. The molecule has 3 aliphatic rings. The molecule has 3 N–H and O–H groups in total. The minimum atomic E-state index is -1.64. The van der Waals surface area contributed by atoms with Crippen LogP contribution < -0.4 is 10.7 Å². The molecule has 2 amide bonds. The van der Waals surface area contributed by atoms with Gasteiger partial charge in [-0.05, 0) is 18.2 Å². The van der Waals surface area contributed by atoms with Crippen molar-refractivity contribution in [2.75, 3.05) is 31.8 Å². The summed E-state index contributed by atoms with van der Waals surface area (Å²) >= 11 is 0. The molecule has 8 heteroatoms. The van der Waals surface area contributed by atoms with E-state index in [1.54, 1.807) is 18.1 Å². The molecule has 0 bridgehead atoms. The maximum absolute atomic E-state index is 12.0. The van der Waals surface area contributed by atoms with Crippen molar-refractivity contribution in [1.29, 1.82) is 0 Å². The van der Waals surface area contributed by atoms with Crippen molar-refractivity contribution in [1.82, 2.24) is 4.90 Å². The smallest absolute Gasteiger partial charge is 0.267 e. The van der Waals surface area contributed by atoms with Gasteiger partial charge in [0.2, 0.25) is 5.60 Å². The number of hydrogen-bond acceptors (Lipinski definition) is 6. The van der Waals surface area contributed by atoms with Crippen LogP contribution in [0.3, 0.4) is 0 Å². The zero-order chi connectivity index (χ0) is 19.2. The first kappa shape index (κ1) is 17.5. The Morgan fingerprint density at radius 1 is 1.44 bits per heavy atom. The molecule has 1 aromatic rings. The van der Waals surface area contributed by atoms with Crippen molar-refractivity contribution >= 4 is 23.2 Å². The highest BCUT2D eigenvalue weighted by Crippen LogP contribution is 2.32. The summed E-state index contributed by atoms with van der Waals surface area (Å²) in [4.78, 5) is 25.2. The van der Waals surface area contributed by atoms with E-state index in [0.717, 1.165) is 5.69 Å². The Morgan fingerprint density at radius 3 is 2.96 bits per heavy atom. The van der Waals surface area contributed by atoms with Crippen LogP contribution in [0.1, 0.15) is 12.0 Å². The zero-order valence-corrected chi connectivity index (χ0v) is 14.9. The average molecular weight is 368 g/mol. The molecular weight excluding hydrogens is 348 g/mol. The van der Waals surface area contributed by atoms with Gasteiger partial charge in [-0.2, -0.15) is 5.10 Å². The Hall–Kier alpha value is -2.89. The topological polar surface area (TPSA) is 108 Å². The standard InChI is InChI=1S/C19H20N4O4/c1-22-8-7-19(26,18(22)25)6-5-12-3-2-4-13(9-12)23-15-11-27-10-14(15)16(21-23)17(20)24/h2-4,9,14-15,26H,7-8,10-11H2,1H3,(H2,20,24)/t14?,15?,19-/m0/s1. The first-order chi connectivity index (χ1) is 12.9. The second kappa shape index (κ2) is 6.37. The lowest BCUT2D eigenvalue weighted by atomic mass is 9.98. The monoisotopic (exact) mass is 368 g/mol. The highest BCUT2D eigenvalue weighted by Gasteiger charge is 2.44. The number of aliphatic hydroxyl groups is 1. The van der Waals surface area contributed by atoms with Crippen LogP contribution >= 0.6 is 0 Å². The predicted octanol–water partition coefficient (Wildman–Crippen LogP) is -0.692. The van der Waals surface area contributed by atoms with Crippen molar-refractivity contribution < 1.29 is 19.4 Å². The van der Waals surface area contributed by atoms with Gasteiger partial charge in [-0.25, -0.2) is 0 Å². The van der Waals surface area contributed by atoms with Crippen molar-refractivity contribution in [3.05, 3.63) is 29.8 Å². The van der Waals surface area contributed by atoms with Crippen molar-refractivity contribution in [3.8, 4) is 11.8 Å². The van der Waals surface area contributed by atoms with Gasteiger partial charge in [-0.15, -0.1) is 0 Å². The van der Waals surface area contributed by atoms with E-state index in [2.05, 4.69) is 16.9 Å². The molecule has 8 nitrogen and oxygen atoms in total. The largest absolute Gasteiger partial charge is 0.378 e. The van der Waals surface area contributed by atoms with Crippen LogP contribution in [0.4, 0.5) is 5.69 Å². The molecule has 4 rings (SSSR count). The number of benzene rings is 1. The van der Waals surface area contributed by atoms with Crippen molar-refractivity contribution in [2.45, 2.75) is 18.1 Å². The minimum absolute atomic E-state index is 0.0787. The van der Waals surface area contributed by atoms with Crippen LogP contribution in [0.5, 0.6) is 0 Å². The highest BCUT2D eigenvalue weighted by atomic mass is 16.5. The first-order valence-corrected chi connectivity index (χ1v) is 8.75. The quantitative estimate of drug-likeness (QED) is 0.672. The van der Waals surface area contributed by atoms with Crippen LogP contribution in [-0.2, 0) is 14.3 Å². The second-order valence-corrected chi connectivity index (χ2v) is 7.04. The summed E-state index contributed by atoms with van der Waals surface area (Å²) in [5.41, 5.74) is 5.52. The summed E-state index contributed by atoms with van der Waals surface area (Å²) in [6, 6.07) is 7.19. The van der Waals surface area contributed by atoms with E-state index in [1.807, 2.05) is 18.2 Å². The van der Waals surface area contributed by atoms with E-state index in [4.69, 9.17) is 10.5 Å². The van der Waals surface area contributed by atoms with Crippen LogP contribution in [0.2, 0.25) is 0 Å². The van der Waals surface area contributed by atoms with Gasteiger partial charge in [0.1, 0.15) is 5.71 Å². The summed E-state index contributed by atoms with van der Waals surface area (Å²) in [6.45, 7) is 1.36. The van der Waals surface area contributed by atoms with Gasteiger partial charge in [-0.3, -0.25) is 14.6 Å². The van der Waals surface area contributed by atoms with E-state index in [9.17, 15) is 14.7 Å². The molecule has 3 atom stereocenters. The molecule has 0 saturated carbocycles. The van der Waals surface area contributed by atoms with E-state index < -0.39 is 11.5 Å². The van der Waals surface area contributed by atoms with E-state index in [1.165, 1.54) is 4.90 Å². The number of fused-ring (bicyclic) bond motifs is 1. The molecule has 2 saturated heterocycles. The molecule has 3 heterocycles. The molecule has 1 aromatic carbocycles. The number of hydrogen-bond donors (Lipinski definition) is 2. The fourth-order valence-corrected chi connectivity index (χ4v) is 3.66. The SMILES string of the molecule is CN1CC[C@@](O)(C#Cc2cccc(N3N=C(C(N)=O)C4COCC43)c2)C1=O. The number of ether oxygens (including phenoxy) is 1. The molecule has 3 aliphatic heterocycles. The average Bonchev–Trinajstić information content (AvgIpc) is 3.32. The molecule has 0 aromatic heterocycles. The molecule has 0 spiro atoms. The number of primary amides is 1. The number of amides is 2. The van der Waals surface area contributed by atoms with Gasteiger partial charge in [0.25, 0.3) is 11.8 Å². The molecular formula is C19H20N4O4. The maximum atomic E-state index is 12.0. The summed E-state index contributed by atoms with van der Waals surface area (Å²) in [5.74, 6) is 4.54. The lowest BCUT2D eigenvalue weighted by molar-refractivity contribution is -0.137. The predicted molar refractivity (Wildman–Crippen MR) is 97.7 cm³/mol. The fourth-order valence-electron chi connectivity index (χ4n) is 3.66. The number of carbonyl (C=O) groups is 2. The minimum Gasteiger partial charge on any atom is -0.378 e. The van der Waals surface area contributed by atoms with Crippen LogP contribution in [-0.4, -0.2) is 66.0 Å². The van der Waals surface area contributed by atoms with Gasteiger partial charge in [0.05, 0.1) is 30.9 Å². The first-order valence-electron chi connectivity index (χ1n) is 8.75. The summed E-state index contributed by atoms with van der Waals surface area (Å²) < 4.78 is 5.49. The number of hydrazone groups is 1. The normalized spacial score (nSPS) is 29.4. The van der Waals surface area contributed by atoms with E-state index in [-0.39, 0.29) is 24.3 Å². The number of likely N-dealkylation sites (tertiary alicyclic amines) is 1. The summed E-state index contributed by atoms with van der Waals surface area (Å²) in [7, 11) is 1.64. The number of rotatable bonds is 2. The Kier molecular flexibility index (Phi) is 4.13. The Bertz CT molecular complexity index is 902. The summed E-state index contributed by atoms with van der Waals surface area (Å²) in [6.07, 6.45) is 0.286. The Morgan fingerprint density at radius 2 is 2.26 bits per heavy atom. The third-order valence-corrected chi connectivity index (χ3v) is 5.22. The van der Waals surface area contributed by atoms with Crippen LogP contribution in [0, 0.1) is 17.8 Å². The van der Waals surface area contributed by atoms with Gasteiger partial charge in [0, 0.05) is 25.6 Å². The number of nitrogens with zero attached hydrogens (tertiary/aromatic N) is 3. The van der Waals surface area contributed by atoms with E-state index >= 15 is 0 Å². The van der Waals surface area contributed by atoms with Crippen LogP contribution in [0.15, 0.2) is 29.4 Å². The van der Waals surface area contributed by atoms with Gasteiger partial charge < -0.3 is 20.5 Å². The van der Waals surface area contributed by atoms with Crippen molar-refractivity contribution in [2.24, 2.45) is 16.8 Å². The van der Waals surface area contributed by atoms with Gasteiger partial charge >= 0.3 is 0 Å². The molecule has 2 unspecified atom stereocenters. The van der Waals surface area contributed by atoms with Gasteiger partial charge in [0.15, 0.2) is 0 Å². The van der Waals surface area contributed by atoms with Crippen LogP contribution in [0.25, 0.3) is 0 Å². The lowest BCUT2D eigenvalue weighted by Crippen LogP contribution is -2.37. The molecule has 140 valence electrons. The number of nitrogens with two attached hydrogens (primary N) is 1. The zero-order valence-electron chi connectivity index (χ0n) is 14.9. The third-order valence-electron chi connectivity index (χ3n) is 5.22.